The molecule has 37 heavy (non-hydrogen) atoms. The van der Waals surface area contributed by atoms with Crippen molar-refractivity contribution in [3.63, 3.8) is 0 Å². The normalized spacial score (nSPS) is 17.8. The first-order valence-corrected chi connectivity index (χ1v) is 14.7. The van der Waals surface area contributed by atoms with E-state index in [1.807, 2.05) is 11.0 Å². The van der Waals surface area contributed by atoms with Crippen molar-refractivity contribution in [2.24, 2.45) is 0 Å². The molecule has 1 amide bonds. The van der Waals surface area contributed by atoms with Crippen LogP contribution in [0.15, 0.2) is 53.4 Å². The minimum Gasteiger partial charge on any atom is -0.434 e. The summed E-state index contributed by atoms with van der Waals surface area (Å²) in [5, 5.41) is 0. The van der Waals surface area contributed by atoms with Gasteiger partial charge in [-0.2, -0.15) is 8.78 Å². The Hall–Kier alpha value is -2.56. The third-order valence-electron chi connectivity index (χ3n) is 7.23. The molecule has 2 saturated heterocycles. The number of piperidine rings is 1. The van der Waals surface area contributed by atoms with Crippen LogP contribution in [0.2, 0.25) is 0 Å². The largest absolute Gasteiger partial charge is 0.434 e. The third kappa shape index (κ3) is 7.49. The van der Waals surface area contributed by atoms with Gasteiger partial charge in [0.25, 0.3) is 5.91 Å². The minimum atomic E-state index is -3.34. The molecule has 0 aliphatic carbocycles. The van der Waals surface area contributed by atoms with Crippen molar-refractivity contribution in [2.75, 3.05) is 45.5 Å². The number of carbonyl (C=O) groups is 1. The maximum absolute atomic E-state index is 13.6. The van der Waals surface area contributed by atoms with E-state index in [0.717, 1.165) is 51.8 Å². The molecule has 2 fully saturated rings. The summed E-state index contributed by atoms with van der Waals surface area (Å²) >= 11 is 0. The summed E-state index contributed by atoms with van der Waals surface area (Å²) in [7, 11) is -3.34. The SMILES string of the molecule is CS(=O)(=O)c1ccc(C(=O)N(CCN2CCCC2)C2CCN(Cc3ccccc3OC(F)F)CC2)cc1. The smallest absolute Gasteiger partial charge is 0.387 e. The molecule has 0 spiro atoms. The first-order chi connectivity index (χ1) is 17.7. The molecular formula is C27H35F2N3O4S. The number of ether oxygens (including phenoxy) is 1. The molecule has 4 rings (SSSR count). The number of amides is 1. The van der Waals surface area contributed by atoms with Crippen LogP contribution in [0.25, 0.3) is 0 Å². The van der Waals surface area contributed by atoms with Crippen molar-refractivity contribution < 1.29 is 26.7 Å². The maximum atomic E-state index is 13.6. The van der Waals surface area contributed by atoms with Gasteiger partial charge in [0, 0.05) is 56.1 Å². The van der Waals surface area contributed by atoms with Gasteiger partial charge in [0.05, 0.1) is 4.90 Å². The fraction of sp³-hybridized carbons (Fsp3) is 0.519. The van der Waals surface area contributed by atoms with Crippen LogP contribution >= 0.6 is 0 Å². The highest BCUT2D eigenvalue weighted by molar-refractivity contribution is 7.90. The Labute approximate surface area is 217 Å². The zero-order valence-electron chi connectivity index (χ0n) is 21.2. The van der Waals surface area contributed by atoms with Crippen molar-refractivity contribution in [3.8, 4) is 5.75 Å². The summed E-state index contributed by atoms with van der Waals surface area (Å²) in [4.78, 5) is 20.3. The lowest BCUT2D eigenvalue weighted by molar-refractivity contribution is -0.0508. The molecule has 0 unspecified atom stereocenters. The van der Waals surface area contributed by atoms with Crippen molar-refractivity contribution in [2.45, 2.75) is 49.8 Å². The quantitative estimate of drug-likeness (QED) is 0.460. The summed E-state index contributed by atoms with van der Waals surface area (Å²) in [5.41, 5.74) is 1.20. The van der Waals surface area contributed by atoms with Crippen molar-refractivity contribution >= 4 is 15.7 Å². The van der Waals surface area contributed by atoms with Crippen LogP contribution in [0.3, 0.4) is 0 Å². The summed E-state index contributed by atoms with van der Waals surface area (Å²) in [6.07, 6.45) is 5.04. The number of alkyl halides is 2. The predicted octanol–water partition coefficient (Wildman–Crippen LogP) is 3.89. The molecule has 2 heterocycles. The van der Waals surface area contributed by atoms with Crippen LogP contribution in [0.5, 0.6) is 5.75 Å². The Morgan fingerprint density at radius 1 is 1.00 bits per heavy atom. The number of benzene rings is 2. The zero-order valence-corrected chi connectivity index (χ0v) is 22.0. The van der Waals surface area contributed by atoms with Gasteiger partial charge in [0.2, 0.25) is 0 Å². The predicted molar refractivity (Wildman–Crippen MR) is 138 cm³/mol. The number of halogens is 2. The molecule has 2 aliphatic rings. The van der Waals surface area contributed by atoms with Crippen molar-refractivity contribution in [1.82, 2.24) is 14.7 Å². The summed E-state index contributed by atoms with van der Waals surface area (Å²) in [5.74, 6) is 0.105. The first kappa shape index (κ1) is 27.5. The summed E-state index contributed by atoms with van der Waals surface area (Å²) < 4.78 is 53.9. The number of hydrogen-bond acceptors (Lipinski definition) is 6. The molecule has 2 aromatic rings. The van der Waals surface area contributed by atoms with E-state index in [0.29, 0.717) is 24.2 Å². The Morgan fingerprint density at radius 3 is 2.27 bits per heavy atom. The van der Waals surface area contributed by atoms with E-state index >= 15 is 0 Å². The molecule has 0 saturated carbocycles. The molecule has 0 N–H and O–H groups in total. The second-order valence-corrected chi connectivity index (χ2v) is 11.9. The summed E-state index contributed by atoms with van der Waals surface area (Å²) in [6.45, 7) is 2.61. The fourth-order valence-electron chi connectivity index (χ4n) is 5.19. The topological polar surface area (TPSA) is 70.2 Å². The molecule has 0 aromatic heterocycles. The van der Waals surface area contributed by atoms with Crippen LogP contribution in [-0.4, -0.2) is 87.2 Å². The highest BCUT2D eigenvalue weighted by atomic mass is 32.2. The molecule has 2 aliphatic heterocycles. The molecule has 0 atom stereocenters. The average molecular weight is 536 g/mol. The highest BCUT2D eigenvalue weighted by Crippen LogP contribution is 2.26. The Morgan fingerprint density at radius 2 is 1.65 bits per heavy atom. The van der Waals surface area contributed by atoms with Crippen LogP contribution in [0, 0.1) is 0 Å². The van der Waals surface area contributed by atoms with E-state index in [9.17, 15) is 22.0 Å². The van der Waals surface area contributed by atoms with Gasteiger partial charge < -0.3 is 14.5 Å². The molecular weight excluding hydrogens is 500 g/mol. The Balaban J connectivity index is 1.43. The summed E-state index contributed by atoms with van der Waals surface area (Å²) in [6, 6.07) is 13.1. The number of nitrogens with zero attached hydrogens (tertiary/aromatic N) is 3. The standard InChI is InChI=1S/C27H35F2N3O4S/c1-37(34,35)24-10-8-21(9-11-24)26(33)32(19-18-30-14-4-5-15-30)23-12-16-31(17-13-23)20-22-6-2-3-7-25(22)36-27(28)29/h2-3,6-11,23,27H,4-5,12-20H2,1H3. The van der Waals surface area contributed by atoms with Crippen LogP contribution in [0.4, 0.5) is 8.78 Å². The van der Waals surface area contributed by atoms with Crippen molar-refractivity contribution in [3.05, 3.63) is 59.7 Å². The van der Waals surface area contributed by atoms with Gasteiger partial charge in [0.1, 0.15) is 5.75 Å². The maximum Gasteiger partial charge on any atom is 0.387 e. The number of carbonyl (C=O) groups excluding carboxylic acids is 1. The number of sulfone groups is 1. The minimum absolute atomic E-state index is 0.0495. The lowest BCUT2D eigenvalue weighted by Crippen LogP contribution is -2.49. The van der Waals surface area contributed by atoms with Gasteiger partial charge in [-0.3, -0.25) is 9.69 Å². The van der Waals surface area contributed by atoms with Gasteiger partial charge in [-0.05, 0) is 69.1 Å². The van der Waals surface area contributed by atoms with Crippen LogP contribution in [0.1, 0.15) is 41.6 Å². The van der Waals surface area contributed by atoms with E-state index in [2.05, 4.69) is 14.5 Å². The highest BCUT2D eigenvalue weighted by Gasteiger charge is 2.30. The molecule has 202 valence electrons. The van der Waals surface area contributed by atoms with Gasteiger partial charge >= 0.3 is 6.61 Å². The number of para-hydroxylation sites is 1. The zero-order chi connectivity index (χ0) is 26.4. The van der Waals surface area contributed by atoms with E-state index in [1.165, 1.54) is 25.0 Å². The fourth-order valence-corrected chi connectivity index (χ4v) is 5.82. The molecule has 0 bridgehead atoms. The van der Waals surface area contributed by atoms with Gasteiger partial charge in [-0.1, -0.05) is 18.2 Å². The molecule has 10 heteroatoms. The number of hydrogen-bond donors (Lipinski definition) is 0. The molecule has 2 aromatic carbocycles. The van der Waals surface area contributed by atoms with E-state index in [-0.39, 0.29) is 22.6 Å². The van der Waals surface area contributed by atoms with Gasteiger partial charge in [0.15, 0.2) is 9.84 Å². The van der Waals surface area contributed by atoms with E-state index < -0.39 is 16.4 Å². The Kier molecular flexibility index (Phi) is 9.15. The molecule has 0 radical (unpaired) electrons. The van der Waals surface area contributed by atoms with E-state index in [1.54, 1.807) is 30.3 Å². The van der Waals surface area contributed by atoms with Crippen molar-refractivity contribution in [1.29, 1.82) is 0 Å². The average Bonchev–Trinajstić information content (AvgIpc) is 3.39. The molecule has 7 nitrogen and oxygen atoms in total. The second kappa shape index (κ2) is 12.3. The Bertz CT molecular complexity index is 1150. The lowest BCUT2D eigenvalue weighted by Gasteiger charge is -2.39. The lowest BCUT2D eigenvalue weighted by atomic mass is 10.0. The third-order valence-corrected chi connectivity index (χ3v) is 8.36. The monoisotopic (exact) mass is 535 g/mol. The van der Waals surface area contributed by atoms with Crippen LogP contribution in [-0.2, 0) is 16.4 Å². The number of likely N-dealkylation sites (tertiary alicyclic amines) is 2. The van der Waals surface area contributed by atoms with Gasteiger partial charge in [-0.25, -0.2) is 8.42 Å². The number of rotatable bonds is 10. The van der Waals surface area contributed by atoms with Crippen LogP contribution < -0.4 is 4.74 Å². The first-order valence-electron chi connectivity index (χ1n) is 12.8. The second-order valence-electron chi connectivity index (χ2n) is 9.84. The van der Waals surface area contributed by atoms with Gasteiger partial charge in [-0.15, -0.1) is 0 Å². The van der Waals surface area contributed by atoms with E-state index in [4.69, 9.17) is 0 Å².